The molecule has 1 aromatic carbocycles. The molecular weight excluding hydrogens is 248 g/mol. The molecule has 0 aliphatic heterocycles. The number of oxime groups is 1. The normalized spacial score (nSPS) is 11.3. The minimum Gasteiger partial charge on any atom is -0.409 e. The van der Waals surface area contributed by atoms with E-state index in [0.29, 0.717) is 12.1 Å². The monoisotopic (exact) mass is 260 g/mol. The van der Waals surface area contributed by atoms with Gasteiger partial charge in [0.15, 0.2) is 11.5 Å². The van der Waals surface area contributed by atoms with Gasteiger partial charge in [-0.1, -0.05) is 23.4 Å². The van der Waals surface area contributed by atoms with Gasteiger partial charge >= 0.3 is 0 Å². The number of aromatic nitrogens is 3. The molecule has 19 heavy (non-hydrogen) atoms. The average molecular weight is 260 g/mol. The summed E-state index contributed by atoms with van der Waals surface area (Å²) in [5, 5.41) is 23.8. The number of aromatic amines is 1. The molecule has 0 aliphatic rings. The zero-order chi connectivity index (χ0) is 13.7. The fourth-order valence-corrected chi connectivity index (χ4v) is 1.48. The first kappa shape index (κ1) is 12.6. The van der Waals surface area contributed by atoms with Crippen LogP contribution in [0.15, 0.2) is 35.6 Å². The lowest BCUT2D eigenvalue weighted by Crippen LogP contribution is -2.23. The minimum atomic E-state index is -0.331. The molecule has 0 radical (unpaired) electrons. The van der Waals surface area contributed by atoms with Crippen LogP contribution < -0.4 is 11.1 Å². The van der Waals surface area contributed by atoms with Crippen LogP contribution in [-0.2, 0) is 6.54 Å². The van der Waals surface area contributed by atoms with Crippen molar-refractivity contribution in [2.24, 2.45) is 10.9 Å². The summed E-state index contributed by atoms with van der Waals surface area (Å²) in [7, 11) is 0. The Morgan fingerprint density at radius 3 is 3.05 bits per heavy atom. The number of amidine groups is 1. The Labute approximate surface area is 108 Å². The summed E-state index contributed by atoms with van der Waals surface area (Å²) in [4.78, 5) is 11.6. The van der Waals surface area contributed by atoms with Crippen molar-refractivity contribution in [3.05, 3.63) is 47.3 Å². The third kappa shape index (κ3) is 3.06. The third-order valence-electron chi connectivity index (χ3n) is 2.43. The first-order chi connectivity index (χ1) is 9.20. The number of rotatable bonds is 4. The molecule has 0 spiro atoms. The number of carbonyl (C=O) groups excluding carboxylic acids is 1. The van der Waals surface area contributed by atoms with Crippen molar-refractivity contribution in [1.82, 2.24) is 20.7 Å². The van der Waals surface area contributed by atoms with Gasteiger partial charge < -0.3 is 16.3 Å². The van der Waals surface area contributed by atoms with Crippen molar-refractivity contribution in [2.75, 3.05) is 0 Å². The lowest BCUT2D eigenvalue weighted by Gasteiger charge is -2.05. The summed E-state index contributed by atoms with van der Waals surface area (Å²) in [5.74, 6) is -0.312. The number of amides is 1. The molecule has 0 unspecified atom stereocenters. The second kappa shape index (κ2) is 5.63. The SMILES string of the molecule is NC(=NO)c1cccc(CNC(=O)c2cn[nH]n2)c1. The van der Waals surface area contributed by atoms with E-state index in [0.717, 1.165) is 5.56 Å². The van der Waals surface area contributed by atoms with Crippen LogP contribution in [0.4, 0.5) is 0 Å². The molecular formula is C11H12N6O2. The van der Waals surface area contributed by atoms with E-state index in [4.69, 9.17) is 10.9 Å². The van der Waals surface area contributed by atoms with Crippen molar-refractivity contribution < 1.29 is 10.0 Å². The highest BCUT2D eigenvalue weighted by molar-refractivity contribution is 5.97. The maximum atomic E-state index is 11.6. The summed E-state index contributed by atoms with van der Waals surface area (Å²) < 4.78 is 0. The number of nitrogens with zero attached hydrogens (tertiary/aromatic N) is 3. The highest BCUT2D eigenvalue weighted by Gasteiger charge is 2.08. The molecule has 2 rings (SSSR count). The number of carbonyl (C=O) groups is 1. The van der Waals surface area contributed by atoms with Crippen LogP contribution in [0.25, 0.3) is 0 Å². The molecule has 0 bridgehead atoms. The van der Waals surface area contributed by atoms with E-state index in [1.807, 2.05) is 6.07 Å². The number of nitrogens with one attached hydrogen (secondary N) is 2. The quantitative estimate of drug-likeness (QED) is 0.262. The summed E-state index contributed by atoms with van der Waals surface area (Å²) >= 11 is 0. The zero-order valence-corrected chi connectivity index (χ0v) is 9.87. The van der Waals surface area contributed by atoms with Crippen LogP contribution in [0.5, 0.6) is 0 Å². The number of benzene rings is 1. The summed E-state index contributed by atoms with van der Waals surface area (Å²) in [6.45, 7) is 0.304. The zero-order valence-electron chi connectivity index (χ0n) is 9.87. The lowest BCUT2D eigenvalue weighted by atomic mass is 10.1. The van der Waals surface area contributed by atoms with Crippen LogP contribution in [-0.4, -0.2) is 32.4 Å². The maximum absolute atomic E-state index is 11.6. The maximum Gasteiger partial charge on any atom is 0.273 e. The van der Waals surface area contributed by atoms with Gasteiger partial charge in [-0.3, -0.25) is 4.79 Å². The third-order valence-corrected chi connectivity index (χ3v) is 2.43. The van der Waals surface area contributed by atoms with Crippen molar-refractivity contribution in [3.8, 4) is 0 Å². The van der Waals surface area contributed by atoms with E-state index in [1.54, 1.807) is 18.2 Å². The van der Waals surface area contributed by atoms with E-state index in [1.165, 1.54) is 6.20 Å². The van der Waals surface area contributed by atoms with Crippen molar-refractivity contribution in [3.63, 3.8) is 0 Å². The second-order valence-corrected chi connectivity index (χ2v) is 3.72. The van der Waals surface area contributed by atoms with Gasteiger partial charge in [0.2, 0.25) is 0 Å². The summed E-state index contributed by atoms with van der Waals surface area (Å²) in [6.07, 6.45) is 1.34. The Kier molecular flexibility index (Phi) is 3.72. The van der Waals surface area contributed by atoms with Crippen molar-refractivity contribution in [1.29, 1.82) is 0 Å². The molecule has 0 saturated heterocycles. The Morgan fingerprint density at radius 1 is 1.53 bits per heavy atom. The van der Waals surface area contributed by atoms with Gasteiger partial charge in [0.05, 0.1) is 6.20 Å². The van der Waals surface area contributed by atoms with E-state index in [-0.39, 0.29) is 17.4 Å². The second-order valence-electron chi connectivity index (χ2n) is 3.72. The summed E-state index contributed by atoms with van der Waals surface area (Å²) in [5.41, 5.74) is 7.10. The van der Waals surface area contributed by atoms with Crippen LogP contribution in [0.1, 0.15) is 21.6 Å². The topological polar surface area (TPSA) is 129 Å². The van der Waals surface area contributed by atoms with Crippen molar-refractivity contribution in [2.45, 2.75) is 6.54 Å². The fraction of sp³-hybridized carbons (Fsp3) is 0.0909. The highest BCUT2D eigenvalue weighted by atomic mass is 16.4. The number of H-pyrrole nitrogens is 1. The molecule has 1 amide bonds. The van der Waals surface area contributed by atoms with Gasteiger partial charge in [-0.2, -0.15) is 15.4 Å². The highest BCUT2D eigenvalue weighted by Crippen LogP contribution is 2.05. The van der Waals surface area contributed by atoms with E-state index in [9.17, 15) is 4.79 Å². The smallest absolute Gasteiger partial charge is 0.273 e. The molecule has 0 fully saturated rings. The summed E-state index contributed by atoms with van der Waals surface area (Å²) in [6, 6.07) is 7.00. The van der Waals surface area contributed by atoms with E-state index in [2.05, 4.69) is 25.9 Å². The van der Waals surface area contributed by atoms with Gasteiger partial charge in [-0.15, -0.1) is 0 Å². The molecule has 2 aromatic rings. The Bertz CT molecular complexity index is 593. The number of nitrogens with two attached hydrogens (primary N) is 1. The van der Waals surface area contributed by atoms with Gasteiger partial charge in [0, 0.05) is 12.1 Å². The Hall–Kier alpha value is -2.90. The van der Waals surface area contributed by atoms with Crippen molar-refractivity contribution >= 4 is 11.7 Å². The van der Waals surface area contributed by atoms with E-state index < -0.39 is 0 Å². The lowest BCUT2D eigenvalue weighted by molar-refractivity contribution is 0.0946. The van der Waals surface area contributed by atoms with E-state index >= 15 is 0 Å². The fourth-order valence-electron chi connectivity index (χ4n) is 1.48. The number of hydrogen-bond acceptors (Lipinski definition) is 5. The number of hydrogen-bond donors (Lipinski definition) is 4. The Morgan fingerprint density at radius 2 is 2.37 bits per heavy atom. The predicted octanol–water partition coefficient (Wildman–Crippen LogP) is -0.171. The van der Waals surface area contributed by atoms with Crippen LogP contribution in [0, 0.1) is 0 Å². The molecule has 0 atom stereocenters. The standard InChI is InChI=1S/C11H12N6O2/c12-10(16-19)8-3-1-2-7(4-8)5-13-11(18)9-6-14-17-15-9/h1-4,6,19H,5H2,(H2,12,16)(H,13,18)(H,14,15,17). The van der Waals surface area contributed by atoms with Gasteiger partial charge in [0.25, 0.3) is 5.91 Å². The molecule has 0 saturated carbocycles. The molecule has 1 aromatic heterocycles. The molecule has 5 N–H and O–H groups in total. The Balaban J connectivity index is 2.02. The minimum absolute atomic E-state index is 0.0182. The first-order valence-corrected chi connectivity index (χ1v) is 5.41. The first-order valence-electron chi connectivity index (χ1n) is 5.41. The van der Waals surface area contributed by atoms with Gasteiger partial charge in [0.1, 0.15) is 0 Å². The van der Waals surface area contributed by atoms with Gasteiger partial charge in [-0.05, 0) is 11.6 Å². The molecule has 98 valence electrons. The van der Waals surface area contributed by atoms with Crippen LogP contribution >= 0.6 is 0 Å². The largest absolute Gasteiger partial charge is 0.409 e. The van der Waals surface area contributed by atoms with Crippen LogP contribution in [0.2, 0.25) is 0 Å². The molecule has 1 heterocycles. The molecule has 8 heteroatoms. The molecule has 8 nitrogen and oxygen atoms in total. The van der Waals surface area contributed by atoms with Crippen LogP contribution in [0.3, 0.4) is 0 Å². The molecule has 0 aliphatic carbocycles. The average Bonchev–Trinajstić information content (AvgIpc) is 2.98. The van der Waals surface area contributed by atoms with Gasteiger partial charge in [-0.25, -0.2) is 0 Å². The predicted molar refractivity (Wildman–Crippen MR) is 66.5 cm³/mol.